The Labute approximate surface area is 138 Å². The van der Waals surface area contributed by atoms with Crippen LogP contribution in [0.25, 0.3) is 26.9 Å². The van der Waals surface area contributed by atoms with E-state index in [-0.39, 0.29) is 0 Å². The summed E-state index contributed by atoms with van der Waals surface area (Å²) < 4.78 is 1.84. The van der Waals surface area contributed by atoms with Gasteiger partial charge in [0.15, 0.2) is 5.82 Å². The molecule has 0 saturated heterocycles. The number of benzene rings is 2. The fourth-order valence-corrected chi connectivity index (χ4v) is 3.63. The van der Waals surface area contributed by atoms with Gasteiger partial charge in [-0.2, -0.15) is 9.61 Å². The minimum Gasteiger partial charge on any atom is -0.182 e. The lowest BCUT2D eigenvalue weighted by Crippen LogP contribution is -1.92. The standard InChI is InChI=1S/C18H16N4S/c1-11-5-4-6-14(8-11)17-21-22-16(19-20-18(22)23-17)15-9-12(2)7-13(3)10-15/h4-10H,1-3H3. The van der Waals surface area contributed by atoms with E-state index in [1.165, 1.54) is 16.7 Å². The smallest absolute Gasteiger partial charge is 0.182 e. The Bertz CT molecular complexity index is 993. The van der Waals surface area contributed by atoms with Crippen molar-refractivity contribution < 1.29 is 0 Å². The van der Waals surface area contributed by atoms with E-state index >= 15 is 0 Å². The van der Waals surface area contributed by atoms with Crippen molar-refractivity contribution in [2.24, 2.45) is 0 Å². The van der Waals surface area contributed by atoms with Crippen molar-refractivity contribution >= 4 is 16.3 Å². The lowest BCUT2D eigenvalue weighted by Gasteiger charge is -2.02. The average Bonchev–Trinajstić information content (AvgIpc) is 3.06. The summed E-state index contributed by atoms with van der Waals surface area (Å²) in [7, 11) is 0. The third-order valence-corrected chi connectivity index (χ3v) is 4.68. The molecule has 0 unspecified atom stereocenters. The lowest BCUT2D eigenvalue weighted by atomic mass is 10.1. The maximum atomic E-state index is 4.73. The number of rotatable bonds is 2. The maximum Gasteiger partial charge on any atom is 0.235 e. The van der Waals surface area contributed by atoms with Gasteiger partial charge in [0.25, 0.3) is 0 Å². The number of hydrogen-bond donors (Lipinski definition) is 0. The van der Waals surface area contributed by atoms with Gasteiger partial charge in [-0.05, 0) is 39.0 Å². The molecule has 0 aliphatic rings. The Morgan fingerprint density at radius 1 is 0.826 bits per heavy atom. The summed E-state index contributed by atoms with van der Waals surface area (Å²) in [5.41, 5.74) is 5.82. The first kappa shape index (κ1) is 14.1. The van der Waals surface area contributed by atoms with Crippen LogP contribution in [0.2, 0.25) is 0 Å². The second-order valence-corrected chi connectivity index (χ2v) is 6.83. The quantitative estimate of drug-likeness (QED) is 0.548. The van der Waals surface area contributed by atoms with Crippen LogP contribution in [-0.2, 0) is 0 Å². The third kappa shape index (κ3) is 2.53. The van der Waals surface area contributed by atoms with Gasteiger partial charge in [-0.15, -0.1) is 10.2 Å². The van der Waals surface area contributed by atoms with E-state index in [9.17, 15) is 0 Å². The Hall–Kier alpha value is -2.53. The first-order valence-corrected chi connectivity index (χ1v) is 8.30. The molecular weight excluding hydrogens is 304 g/mol. The summed E-state index contributed by atoms with van der Waals surface area (Å²) in [6.07, 6.45) is 0. The predicted octanol–water partition coefficient (Wildman–Crippen LogP) is 4.45. The van der Waals surface area contributed by atoms with Crippen LogP contribution in [-0.4, -0.2) is 19.8 Å². The van der Waals surface area contributed by atoms with Crippen LogP contribution in [0, 0.1) is 20.8 Å². The van der Waals surface area contributed by atoms with Gasteiger partial charge in [-0.3, -0.25) is 0 Å². The predicted molar refractivity (Wildman–Crippen MR) is 93.7 cm³/mol. The molecule has 0 fully saturated rings. The number of nitrogens with zero attached hydrogens (tertiary/aromatic N) is 4. The van der Waals surface area contributed by atoms with Crippen molar-refractivity contribution in [2.45, 2.75) is 20.8 Å². The number of aryl methyl sites for hydroxylation is 3. The lowest BCUT2D eigenvalue weighted by molar-refractivity contribution is 0.969. The van der Waals surface area contributed by atoms with Gasteiger partial charge < -0.3 is 0 Å². The number of aromatic nitrogens is 4. The van der Waals surface area contributed by atoms with Gasteiger partial charge >= 0.3 is 0 Å². The Kier molecular flexibility index (Phi) is 3.23. The zero-order valence-electron chi connectivity index (χ0n) is 13.2. The summed E-state index contributed by atoms with van der Waals surface area (Å²) in [5.74, 6) is 0.793. The highest BCUT2D eigenvalue weighted by Crippen LogP contribution is 2.29. The molecule has 0 aliphatic carbocycles. The molecule has 0 aliphatic heterocycles. The number of hydrogen-bond acceptors (Lipinski definition) is 4. The molecule has 2 aromatic carbocycles. The second kappa shape index (κ2) is 5.28. The zero-order chi connectivity index (χ0) is 16.0. The molecule has 0 bridgehead atoms. The first-order chi connectivity index (χ1) is 11.1. The van der Waals surface area contributed by atoms with Crippen molar-refractivity contribution in [2.75, 3.05) is 0 Å². The molecule has 4 aromatic rings. The van der Waals surface area contributed by atoms with E-state index in [0.717, 1.165) is 26.9 Å². The van der Waals surface area contributed by atoms with Gasteiger partial charge in [0, 0.05) is 11.1 Å². The molecule has 4 nitrogen and oxygen atoms in total. The molecule has 114 valence electrons. The van der Waals surface area contributed by atoms with Crippen LogP contribution in [0.15, 0.2) is 42.5 Å². The molecule has 0 saturated carbocycles. The van der Waals surface area contributed by atoms with Gasteiger partial charge in [0.2, 0.25) is 4.96 Å². The van der Waals surface area contributed by atoms with Crippen LogP contribution >= 0.6 is 11.3 Å². The molecule has 5 heteroatoms. The third-order valence-electron chi connectivity index (χ3n) is 3.74. The highest BCUT2D eigenvalue weighted by molar-refractivity contribution is 7.19. The molecular formula is C18H16N4S. The molecule has 4 rings (SSSR count). The Morgan fingerprint density at radius 3 is 2.30 bits per heavy atom. The topological polar surface area (TPSA) is 43.1 Å². The van der Waals surface area contributed by atoms with Crippen molar-refractivity contribution in [3.63, 3.8) is 0 Å². The molecule has 0 radical (unpaired) electrons. The van der Waals surface area contributed by atoms with E-state index in [0.29, 0.717) is 0 Å². The van der Waals surface area contributed by atoms with E-state index in [1.54, 1.807) is 11.3 Å². The fourth-order valence-electron chi connectivity index (χ4n) is 2.80. The van der Waals surface area contributed by atoms with Crippen LogP contribution in [0.3, 0.4) is 0 Å². The normalized spacial score (nSPS) is 11.3. The average molecular weight is 320 g/mol. The van der Waals surface area contributed by atoms with E-state index < -0.39 is 0 Å². The van der Waals surface area contributed by atoms with E-state index in [2.05, 4.69) is 73.4 Å². The molecule has 23 heavy (non-hydrogen) atoms. The fraction of sp³-hybridized carbons (Fsp3) is 0.167. The van der Waals surface area contributed by atoms with Gasteiger partial charge in [-0.25, -0.2) is 0 Å². The van der Waals surface area contributed by atoms with Gasteiger partial charge in [0.1, 0.15) is 5.01 Å². The monoisotopic (exact) mass is 320 g/mol. The largest absolute Gasteiger partial charge is 0.235 e. The Balaban J connectivity index is 1.87. The summed E-state index contributed by atoms with van der Waals surface area (Å²) in [4.78, 5) is 0.815. The zero-order valence-corrected chi connectivity index (χ0v) is 14.1. The number of fused-ring (bicyclic) bond motifs is 1. The highest BCUT2D eigenvalue weighted by atomic mass is 32.1. The van der Waals surface area contributed by atoms with E-state index in [1.807, 2.05) is 4.52 Å². The summed E-state index contributed by atoms with van der Waals surface area (Å²) in [6.45, 7) is 6.27. The minimum atomic E-state index is 0.793. The van der Waals surface area contributed by atoms with Crippen LogP contribution in [0.1, 0.15) is 16.7 Å². The SMILES string of the molecule is Cc1cccc(-c2nn3c(-c4cc(C)cc(C)c4)nnc3s2)c1. The van der Waals surface area contributed by atoms with Crippen LogP contribution in [0.4, 0.5) is 0 Å². The van der Waals surface area contributed by atoms with Gasteiger partial charge in [0.05, 0.1) is 0 Å². The molecule has 0 spiro atoms. The summed E-state index contributed by atoms with van der Waals surface area (Å²) in [5, 5.41) is 14.3. The van der Waals surface area contributed by atoms with Crippen LogP contribution in [0.5, 0.6) is 0 Å². The van der Waals surface area contributed by atoms with Crippen molar-refractivity contribution in [1.82, 2.24) is 19.8 Å². The molecule has 2 aromatic heterocycles. The molecule has 0 atom stereocenters. The highest BCUT2D eigenvalue weighted by Gasteiger charge is 2.14. The molecule has 0 N–H and O–H groups in total. The van der Waals surface area contributed by atoms with E-state index in [4.69, 9.17) is 5.10 Å². The first-order valence-electron chi connectivity index (χ1n) is 7.48. The van der Waals surface area contributed by atoms with Crippen LogP contribution < -0.4 is 0 Å². The van der Waals surface area contributed by atoms with Crippen molar-refractivity contribution in [1.29, 1.82) is 0 Å². The second-order valence-electron chi connectivity index (χ2n) is 5.87. The Morgan fingerprint density at radius 2 is 1.57 bits per heavy atom. The van der Waals surface area contributed by atoms with Gasteiger partial charge in [-0.1, -0.05) is 52.3 Å². The molecule has 2 heterocycles. The summed E-state index contributed by atoms with van der Waals surface area (Å²) >= 11 is 1.56. The maximum absolute atomic E-state index is 4.73. The minimum absolute atomic E-state index is 0.793. The van der Waals surface area contributed by atoms with Crippen molar-refractivity contribution in [3.8, 4) is 22.0 Å². The molecule has 0 amide bonds. The van der Waals surface area contributed by atoms with Crippen molar-refractivity contribution in [3.05, 3.63) is 59.2 Å². The summed E-state index contributed by atoms with van der Waals surface area (Å²) in [6, 6.07) is 14.8.